The van der Waals surface area contributed by atoms with Crippen LogP contribution in [0.15, 0.2) is 109 Å². The predicted octanol–water partition coefficient (Wildman–Crippen LogP) is 6.99. The highest BCUT2D eigenvalue weighted by Crippen LogP contribution is 2.42. The van der Waals surface area contributed by atoms with Crippen LogP contribution in [0.2, 0.25) is 0 Å². The molecule has 1 aliphatic rings. The van der Waals surface area contributed by atoms with Gasteiger partial charge < -0.3 is 25.2 Å². The molecule has 1 aliphatic heterocycles. The van der Waals surface area contributed by atoms with E-state index in [2.05, 4.69) is 60.7 Å². The molecule has 5 atom stereocenters. The van der Waals surface area contributed by atoms with Crippen molar-refractivity contribution in [3.05, 3.63) is 137 Å². The number of aliphatic hydroxyl groups is 1. The number of ether oxygens (including phenoxy) is 2. The van der Waals surface area contributed by atoms with E-state index in [9.17, 15) is 9.90 Å². The molecule has 1 fully saturated rings. The molecule has 7 heteroatoms. The van der Waals surface area contributed by atoms with Gasteiger partial charge in [-0.05, 0) is 48.4 Å². The Bertz CT molecular complexity index is 1450. The highest BCUT2D eigenvalue weighted by Gasteiger charge is 2.39. The third kappa shape index (κ3) is 7.89. The third-order valence-electron chi connectivity index (χ3n) is 8.25. The minimum atomic E-state index is -0.627. The molecule has 0 radical (unpaired) electrons. The van der Waals surface area contributed by atoms with E-state index in [4.69, 9.17) is 9.47 Å². The fourth-order valence-electron chi connectivity index (χ4n) is 5.47. The van der Waals surface area contributed by atoms with Gasteiger partial charge >= 0.3 is 6.03 Å². The second kappa shape index (κ2) is 14.4. The largest absolute Gasteiger partial charge is 0.392 e. The number of nitrogens with zero attached hydrogens (tertiary/aromatic N) is 1. The summed E-state index contributed by atoms with van der Waals surface area (Å²) < 4.78 is 13.3. The number of amides is 2. The lowest BCUT2D eigenvalue weighted by molar-refractivity contribution is -0.276. The number of benzene rings is 4. The first-order valence-electron chi connectivity index (χ1n) is 14.9. The van der Waals surface area contributed by atoms with Crippen LogP contribution in [-0.4, -0.2) is 35.7 Å². The Morgan fingerprint density at radius 1 is 0.860 bits per heavy atom. The predicted molar refractivity (Wildman–Crippen MR) is 169 cm³/mol. The van der Waals surface area contributed by atoms with Crippen LogP contribution in [0.25, 0.3) is 0 Å². The van der Waals surface area contributed by atoms with Crippen LogP contribution in [0.4, 0.5) is 10.5 Å². The Morgan fingerprint density at radius 3 is 2.26 bits per heavy atom. The number of carbonyl (C=O) groups is 1. The van der Waals surface area contributed by atoms with Gasteiger partial charge in [0, 0.05) is 36.3 Å². The Hall–Kier alpha value is -4.01. The first-order valence-corrected chi connectivity index (χ1v) is 14.9. The summed E-state index contributed by atoms with van der Waals surface area (Å²) in [6, 6.07) is 35.8. The van der Waals surface area contributed by atoms with Crippen molar-refractivity contribution in [3.8, 4) is 0 Å². The van der Waals surface area contributed by atoms with Crippen LogP contribution >= 0.6 is 0 Å². The van der Waals surface area contributed by atoms with Gasteiger partial charge in [-0.3, -0.25) is 4.90 Å². The molecule has 0 unspecified atom stereocenters. The number of hydrogen-bond acceptors (Lipinski definition) is 5. The Kier molecular flexibility index (Phi) is 10.2. The van der Waals surface area contributed by atoms with Crippen molar-refractivity contribution >= 4 is 11.7 Å². The molecule has 0 spiro atoms. The van der Waals surface area contributed by atoms with Crippen molar-refractivity contribution in [2.75, 3.05) is 18.9 Å². The van der Waals surface area contributed by atoms with Crippen molar-refractivity contribution in [2.24, 2.45) is 5.92 Å². The molecule has 4 aromatic rings. The Morgan fingerprint density at radius 2 is 1.56 bits per heavy atom. The van der Waals surface area contributed by atoms with Crippen LogP contribution in [0.5, 0.6) is 0 Å². The molecule has 5 rings (SSSR count). The summed E-state index contributed by atoms with van der Waals surface area (Å²) in [5.41, 5.74) is 5.66. The Balaban J connectivity index is 1.34. The maximum atomic E-state index is 12.7. The van der Waals surface area contributed by atoms with Crippen molar-refractivity contribution in [3.63, 3.8) is 0 Å². The third-order valence-corrected chi connectivity index (χ3v) is 8.25. The fraction of sp³-hybridized carbons (Fsp3) is 0.306. The van der Waals surface area contributed by atoms with Crippen LogP contribution in [-0.2, 0) is 22.6 Å². The van der Waals surface area contributed by atoms with Crippen molar-refractivity contribution < 1.29 is 19.4 Å². The first kappa shape index (κ1) is 30.4. The number of urea groups is 1. The molecule has 0 saturated carbocycles. The van der Waals surface area contributed by atoms with Crippen LogP contribution in [0.1, 0.15) is 60.1 Å². The van der Waals surface area contributed by atoms with E-state index < -0.39 is 6.29 Å². The summed E-state index contributed by atoms with van der Waals surface area (Å²) in [7, 11) is 2.13. The highest BCUT2D eigenvalue weighted by atomic mass is 16.7. The monoisotopic (exact) mass is 579 g/mol. The number of hydrogen-bond donors (Lipinski definition) is 3. The summed E-state index contributed by atoms with van der Waals surface area (Å²) in [6.45, 7) is 5.52. The standard InChI is InChI=1S/C36H41N3O4/c1-25-33(23-39(3)26(2)29-13-8-5-9-14-29)42-35(43-34(25)30-19-17-28(24-40)18-20-30)31-15-10-16-32(21-31)38-36(41)37-22-27-11-6-4-7-12-27/h4-21,25-26,33-35,40H,22-24H2,1-3H3,(H2,37,38,41)/t25-,26-,33+,34+,35+/m0/s1. The minimum absolute atomic E-state index is 0.00337. The molecular weight excluding hydrogens is 538 g/mol. The highest BCUT2D eigenvalue weighted by molar-refractivity contribution is 5.89. The van der Waals surface area contributed by atoms with Gasteiger partial charge in [0.15, 0.2) is 6.29 Å². The van der Waals surface area contributed by atoms with Gasteiger partial charge in [-0.2, -0.15) is 0 Å². The summed E-state index contributed by atoms with van der Waals surface area (Å²) in [4.78, 5) is 15.0. The normalized spacial score (nSPS) is 20.9. The SMILES string of the molecule is C[C@H]1[C@@H](CN(C)[C@@H](C)c2ccccc2)O[C@@H](c2cccc(NC(=O)NCc3ccccc3)c2)O[C@H]1c1ccc(CO)cc1. The maximum Gasteiger partial charge on any atom is 0.319 e. The molecule has 43 heavy (non-hydrogen) atoms. The number of anilines is 1. The molecule has 3 N–H and O–H groups in total. The van der Waals surface area contributed by atoms with Gasteiger partial charge in [0.05, 0.1) is 18.8 Å². The van der Waals surface area contributed by atoms with Gasteiger partial charge in [0.1, 0.15) is 0 Å². The molecule has 0 aliphatic carbocycles. The lowest BCUT2D eigenvalue weighted by atomic mass is 9.89. The zero-order chi connectivity index (χ0) is 30.2. The second-order valence-corrected chi connectivity index (χ2v) is 11.3. The van der Waals surface area contributed by atoms with E-state index in [1.807, 2.05) is 84.9 Å². The summed E-state index contributed by atoms with van der Waals surface area (Å²) in [6.07, 6.45) is -0.968. The van der Waals surface area contributed by atoms with Crippen molar-refractivity contribution in [2.45, 2.75) is 51.5 Å². The molecule has 0 aromatic heterocycles. The molecular formula is C36H41N3O4. The van der Waals surface area contributed by atoms with Gasteiger partial charge in [-0.25, -0.2) is 4.79 Å². The Labute approximate surface area is 254 Å². The average Bonchev–Trinajstić information content (AvgIpc) is 3.05. The zero-order valence-electron chi connectivity index (χ0n) is 25.0. The van der Waals surface area contributed by atoms with Crippen molar-refractivity contribution in [1.82, 2.24) is 10.2 Å². The minimum Gasteiger partial charge on any atom is -0.392 e. The number of carbonyl (C=O) groups excluding carboxylic acids is 1. The van der Waals surface area contributed by atoms with Crippen LogP contribution in [0, 0.1) is 5.92 Å². The molecule has 4 aromatic carbocycles. The quantitative estimate of drug-likeness (QED) is 0.189. The van der Waals surface area contributed by atoms with E-state index in [1.54, 1.807) is 0 Å². The van der Waals surface area contributed by atoms with E-state index in [0.717, 1.165) is 22.3 Å². The maximum absolute atomic E-state index is 12.7. The molecule has 224 valence electrons. The number of aliphatic hydroxyl groups excluding tert-OH is 1. The summed E-state index contributed by atoms with van der Waals surface area (Å²) in [5.74, 6) is 0.0618. The fourth-order valence-corrected chi connectivity index (χ4v) is 5.47. The summed E-state index contributed by atoms with van der Waals surface area (Å²) in [5, 5.41) is 15.4. The topological polar surface area (TPSA) is 83.1 Å². The first-order chi connectivity index (χ1) is 20.9. The van der Waals surface area contributed by atoms with Gasteiger partial charge in [0.2, 0.25) is 0 Å². The molecule has 0 bridgehead atoms. The van der Waals surface area contributed by atoms with Crippen molar-refractivity contribution in [1.29, 1.82) is 0 Å². The smallest absolute Gasteiger partial charge is 0.319 e. The number of rotatable bonds is 10. The molecule has 1 saturated heterocycles. The molecule has 7 nitrogen and oxygen atoms in total. The van der Waals surface area contributed by atoms with Crippen LogP contribution < -0.4 is 10.6 Å². The van der Waals surface area contributed by atoms with Crippen LogP contribution in [0.3, 0.4) is 0 Å². The molecule has 2 amide bonds. The zero-order valence-corrected chi connectivity index (χ0v) is 25.0. The average molecular weight is 580 g/mol. The van der Waals surface area contributed by atoms with E-state index >= 15 is 0 Å². The van der Waals surface area contributed by atoms with Gasteiger partial charge in [-0.1, -0.05) is 104 Å². The lowest BCUT2D eigenvalue weighted by Crippen LogP contribution is -2.44. The van der Waals surface area contributed by atoms with E-state index in [-0.39, 0.29) is 36.8 Å². The van der Waals surface area contributed by atoms with E-state index in [0.29, 0.717) is 18.8 Å². The van der Waals surface area contributed by atoms with Gasteiger partial charge in [0.25, 0.3) is 0 Å². The number of nitrogens with one attached hydrogen (secondary N) is 2. The van der Waals surface area contributed by atoms with Gasteiger partial charge in [-0.15, -0.1) is 0 Å². The number of likely N-dealkylation sites (N-methyl/N-ethyl adjacent to an activating group) is 1. The molecule has 1 heterocycles. The summed E-state index contributed by atoms with van der Waals surface area (Å²) >= 11 is 0. The second-order valence-electron chi connectivity index (χ2n) is 11.3. The van der Waals surface area contributed by atoms with E-state index in [1.165, 1.54) is 5.56 Å². The lowest BCUT2D eigenvalue weighted by Gasteiger charge is -2.43.